The summed E-state index contributed by atoms with van der Waals surface area (Å²) in [7, 11) is 0. The Morgan fingerprint density at radius 2 is 1.86 bits per heavy atom. The van der Waals surface area contributed by atoms with Gasteiger partial charge in [-0.2, -0.15) is 13.2 Å². The molecule has 0 radical (unpaired) electrons. The van der Waals surface area contributed by atoms with Gasteiger partial charge in [0.1, 0.15) is 18.2 Å². The second-order valence-corrected chi connectivity index (χ2v) is 8.64. The Bertz CT molecular complexity index is 1500. The highest BCUT2D eigenvalue weighted by molar-refractivity contribution is 5.85. The molecule has 0 saturated heterocycles. The summed E-state index contributed by atoms with van der Waals surface area (Å²) in [6, 6.07) is 12.7. The number of pyridine rings is 1. The van der Waals surface area contributed by atoms with Gasteiger partial charge in [0, 0.05) is 12.7 Å². The van der Waals surface area contributed by atoms with Gasteiger partial charge in [-0.25, -0.2) is 4.98 Å². The zero-order chi connectivity index (χ0) is 24.7. The minimum atomic E-state index is -4.50. The third-order valence-electron chi connectivity index (χ3n) is 6.09. The van der Waals surface area contributed by atoms with E-state index in [1.807, 2.05) is 50.3 Å². The molecule has 0 aliphatic carbocycles. The van der Waals surface area contributed by atoms with Crippen LogP contribution in [0.3, 0.4) is 0 Å². The molecule has 0 unspecified atom stereocenters. The number of benzene rings is 2. The van der Waals surface area contributed by atoms with Crippen LogP contribution in [0.4, 0.5) is 13.2 Å². The second kappa shape index (κ2) is 8.69. The number of alkyl halides is 3. The van der Waals surface area contributed by atoms with E-state index in [0.717, 1.165) is 45.8 Å². The quantitative estimate of drug-likeness (QED) is 0.365. The van der Waals surface area contributed by atoms with Gasteiger partial charge in [-0.3, -0.25) is 14.3 Å². The summed E-state index contributed by atoms with van der Waals surface area (Å²) < 4.78 is 47.1. The van der Waals surface area contributed by atoms with Crippen molar-refractivity contribution in [3.05, 3.63) is 98.9 Å². The highest BCUT2D eigenvalue weighted by Gasteiger charge is 2.31. The lowest BCUT2D eigenvalue weighted by atomic mass is 10.0. The highest BCUT2D eigenvalue weighted by Crippen LogP contribution is 2.33. The number of fused-ring (bicyclic) bond motifs is 2. The van der Waals surface area contributed by atoms with Gasteiger partial charge in [0.25, 0.3) is 5.56 Å². The average molecular weight is 477 g/mol. The summed E-state index contributed by atoms with van der Waals surface area (Å²) in [5.74, 6) is 1.19. The largest absolute Gasteiger partial charge is 0.487 e. The van der Waals surface area contributed by atoms with Crippen molar-refractivity contribution in [2.75, 3.05) is 0 Å². The number of aromatic nitrogens is 3. The predicted molar refractivity (Wildman–Crippen MR) is 128 cm³/mol. The highest BCUT2D eigenvalue weighted by atomic mass is 19.4. The Morgan fingerprint density at radius 1 is 1.09 bits per heavy atom. The third kappa shape index (κ3) is 4.43. The first-order valence-electron chi connectivity index (χ1n) is 11.2. The van der Waals surface area contributed by atoms with Crippen LogP contribution < -0.4 is 10.3 Å². The van der Waals surface area contributed by atoms with E-state index in [4.69, 9.17) is 4.74 Å². The Kier molecular flexibility index (Phi) is 5.67. The number of halogens is 3. The molecule has 0 amide bonds. The Balaban J connectivity index is 1.49. The SMILES string of the molecule is Cc1cc(/C=C2\CCn3c2nc2cc(C(F)(F)F)ccc2c3=O)cc(C)c1OCc1ccccn1. The van der Waals surface area contributed by atoms with E-state index in [2.05, 4.69) is 9.97 Å². The van der Waals surface area contributed by atoms with Gasteiger partial charge in [-0.15, -0.1) is 0 Å². The molecule has 35 heavy (non-hydrogen) atoms. The monoisotopic (exact) mass is 477 g/mol. The first kappa shape index (κ1) is 22.8. The molecule has 2 aromatic carbocycles. The summed E-state index contributed by atoms with van der Waals surface area (Å²) in [5.41, 5.74) is 3.35. The van der Waals surface area contributed by atoms with Crippen molar-refractivity contribution in [3.8, 4) is 5.75 Å². The fraction of sp³-hybridized carbons (Fsp3) is 0.222. The number of nitrogens with zero attached hydrogens (tertiary/aromatic N) is 3. The molecule has 8 heteroatoms. The Morgan fingerprint density at radius 3 is 2.54 bits per heavy atom. The molecule has 2 aromatic heterocycles. The van der Waals surface area contributed by atoms with Crippen molar-refractivity contribution in [1.29, 1.82) is 0 Å². The first-order chi connectivity index (χ1) is 16.7. The summed E-state index contributed by atoms with van der Waals surface area (Å²) in [6.45, 7) is 4.71. The smallest absolute Gasteiger partial charge is 0.416 e. The maximum absolute atomic E-state index is 13.2. The van der Waals surface area contributed by atoms with Crippen LogP contribution in [-0.2, 0) is 19.3 Å². The maximum atomic E-state index is 13.2. The minimum Gasteiger partial charge on any atom is -0.487 e. The van der Waals surface area contributed by atoms with E-state index in [-0.39, 0.29) is 16.5 Å². The summed E-state index contributed by atoms with van der Waals surface area (Å²) in [5, 5.41) is 0.184. The molecule has 1 aliphatic rings. The lowest BCUT2D eigenvalue weighted by molar-refractivity contribution is -0.137. The van der Waals surface area contributed by atoms with Crippen molar-refractivity contribution >= 4 is 22.6 Å². The first-order valence-corrected chi connectivity index (χ1v) is 11.2. The van der Waals surface area contributed by atoms with Crippen molar-refractivity contribution in [2.45, 2.75) is 39.6 Å². The number of hydrogen-bond donors (Lipinski definition) is 0. The fourth-order valence-corrected chi connectivity index (χ4v) is 4.46. The predicted octanol–water partition coefficient (Wildman–Crippen LogP) is 5.95. The molecule has 0 saturated carbocycles. The maximum Gasteiger partial charge on any atom is 0.416 e. The van der Waals surface area contributed by atoms with E-state index < -0.39 is 11.7 Å². The molecule has 1 aliphatic heterocycles. The van der Waals surface area contributed by atoms with Crippen molar-refractivity contribution in [2.24, 2.45) is 0 Å². The van der Waals surface area contributed by atoms with Crippen LogP contribution in [0.5, 0.6) is 5.75 Å². The van der Waals surface area contributed by atoms with Gasteiger partial charge >= 0.3 is 6.18 Å². The second-order valence-electron chi connectivity index (χ2n) is 8.64. The number of ether oxygens (including phenoxy) is 1. The van der Waals surface area contributed by atoms with Crippen LogP contribution >= 0.6 is 0 Å². The minimum absolute atomic E-state index is 0.0505. The van der Waals surface area contributed by atoms with E-state index in [0.29, 0.717) is 25.4 Å². The van der Waals surface area contributed by atoms with Crippen LogP contribution in [-0.4, -0.2) is 14.5 Å². The van der Waals surface area contributed by atoms with Gasteiger partial charge in [0.2, 0.25) is 0 Å². The number of allylic oxidation sites excluding steroid dienone is 1. The molecular formula is C27H22F3N3O2. The van der Waals surface area contributed by atoms with Gasteiger partial charge in [0.05, 0.1) is 22.2 Å². The van der Waals surface area contributed by atoms with E-state index in [1.165, 1.54) is 10.6 Å². The standard InChI is InChI=1S/C27H22F3N3O2/c1-16-11-18(12-17(2)24(16)35-15-21-5-3-4-9-31-21)13-19-8-10-33-25(19)32-23-14-20(27(28,29)30)6-7-22(23)26(33)34/h3-7,9,11-14H,8,10,15H2,1-2H3/b19-13+. The number of aryl methyl sites for hydroxylation is 2. The van der Waals surface area contributed by atoms with E-state index in [9.17, 15) is 18.0 Å². The Labute approximate surface area is 199 Å². The summed E-state index contributed by atoms with van der Waals surface area (Å²) in [6.07, 6.45) is -0.271. The molecule has 0 N–H and O–H groups in total. The molecular weight excluding hydrogens is 455 g/mol. The molecule has 0 spiro atoms. The molecule has 0 bridgehead atoms. The molecule has 178 valence electrons. The van der Waals surface area contributed by atoms with E-state index in [1.54, 1.807) is 6.20 Å². The molecule has 0 fully saturated rings. The van der Waals surface area contributed by atoms with Crippen LogP contribution in [0.1, 0.15) is 40.2 Å². The summed E-state index contributed by atoms with van der Waals surface area (Å²) >= 11 is 0. The average Bonchev–Trinajstić information content (AvgIpc) is 3.21. The summed E-state index contributed by atoms with van der Waals surface area (Å²) in [4.78, 5) is 21.6. The zero-order valence-electron chi connectivity index (χ0n) is 19.2. The van der Waals surface area contributed by atoms with Crippen molar-refractivity contribution in [3.63, 3.8) is 0 Å². The Hall–Kier alpha value is -3.94. The topological polar surface area (TPSA) is 57.0 Å². The van der Waals surface area contributed by atoms with Crippen LogP contribution in [0, 0.1) is 13.8 Å². The third-order valence-corrected chi connectivity index (χ3v) is 6.09. The zero-order valence-corrected chi connectivity index (χ0v) is 19.2. The van der Waals surface area contributed by atoms with Gasteiger partial charge in [-0.1, -0.05) is 6.07 Å². The number of hydrogen-bond acceptors (Lipinski definition) is 4. The van der Waals surface area contributed by atoms with E-state index >= 15 is 0 Å². The molecule has 3 heterocycles. The fourth-order valence-electron chi connectivity index (χ4n) is 4.46. The lowest BCUT2D eigenvalue weighted by Gasteiger charge is -2.13. The lowest BCUT2D eigenvalue weighted by Crippen LogP contribution is -2.21. The van der Waals surface area contributed by atoms with Crippen LogP contribution in [0.15, 0.2) is 59.5 Å². The van der Waals surface area contributed by atoms with Crippen LogP contribution in [0.2, 0.25) is 0 Å². The normalized spacial score (nSPS) is 14.5. The molecule has 5 nitrogen and oxygen atoms in total. The van der Waals surface area contributed by atoms with Gasteiger partial charge in [-0.05, 0) is 91.1 Å². The van der Waals surface area contributed by atoms with Gasteiger partial charge in [0.15, 0.2) is 0 Å². The molecule has 5 rings (SSSR count). The number of rotatable bonds is 4. The molecule has 0 atom stereocenters. The van der Waals surface area contributed by atoms with Crippen LogP contribution in [0.25, 0.3) is 22.6 Å². The molecule has 4 aromatic rings. The van der Waals surface area contributed by atoms with Gasteiger partial charge < -0.3 is 4.74 Å². The van der Waals surface area contributed by atoms with Crippen molar-refractivity contribution in [1.82, 2.24) is 14.5 Å². The van der Waals surface area contributed by atoms with Crippen molar-refractivity contribution < 1.29 is 17.9 Å².